The number of nitrogens with one attached hydrogen (secondary N) is 1. The van der Waals surface area contributed by atoms with Crippen LogP contribution >= 0.6 is 11.6 Å². The molecule has 0 fully saturated rings. The van der Waals surface area contributed by atoms with Gasteiger partial charge in [0.15, 0.2) is 5.69 Å². The van der Waals surface area contributed by atoms with Crippen molar-refractivity contribution in [1.82, 2.24) is 15.2 Å². The van der Waals surface area contributed by atoms with Gasteiger partial charge in [0.05, 0.1) is 12.6 Å². The fourth-order valence-corrected chi connectivity index (χ4v) is 3.89. The molecule has 1 amide bonds. The van der Waals surface area contributed by atoms with E-state index < -0.39 is 0 Å². The van der Waals surface area contributed by atoms with Crippen LogP contribution < -0.4 is 5.32 Å². The van der Waals surface area contributed by atoms with Crippen LogP contribution in [0, 0.1) is 0 Å². The Morgan fingerprint density at radius 1 is 0.939 bits per heavy atom. The van der Waals surface area contributed by atoms with Gasteiger partial charge in [-0.1, -0.05) is 84.4 Å². The molecule has 0 saturated carbocycles. The molecular formula is C27H26ClN3O2. The van der Waals surface area contributed by atoms with Gasteiger partial charge in [0.2, 0.25) is 5.89 Å². The molecule has 6 heteroatoms. The van der Waals surface area contributed by atoms with Crippen LogP contribution in [-0.4, -0.2) is 15.8 Å². The number of hydrogen-bond acceptors (Lipinski definition) is 4. The van der Waals surface area contributed by atoms with E-state index in [-0.39, 0.29) is 17.6 Å². The summed E-state index contributed by atoms with van der Waals surface area (Å²) in [7, 11) is 0. The van der Waals surface area contributed by atoms with Crippen molar-refractivity contribution in [3.8, 4) is 0 Å². The number of oxazole rings is 1. The first-order valence-electron chi connectivity index (χ1n) is 10.9. The quantitative estimate of drug-likeness (QED) is 0.332. The molecule has 0 aliphatic carbocycles. The lowest BCUT2D eigenvalue weighted by molar-refractivity contribution is 0.0934. The van der Waals surface area contributed by atoms with E-state index in [1.807, 2.05) is 79.7 Å². The number of carbonyl (C=O) groups excluding carboxylic acids is 1. The summed E-state index contributed by atoms with van der Waals surface area (Å²) in [5.41, 5.74) is 3.58. The molecule has 0 aliphatic rings. The predicted octanol–water partition coefficient (Wildman–Crippen LogP) is 6.02. The van der Waals surface area contributed by atoms with E-state index in [9.17, 15) is 4.79 Å². The highest BCUT2D eigenvalue weighted by molar-refractivity contribution is 6.30. The molecule has 4 aromatic rings. The van der Waals surface area contributed by atoms with Gasteiger partial charge >= 0.3 is 0 Å². The fourth-order valence-electron chi connectivity index (χ4n) is 3.68. The Bertz CT molecular complexity index is 1180. The maximum Gasteiger partial charge on any atom is 0.273 e. The maximum absolute atomic E-state index is 12.7. The Morgan fingerprint density at radius 2 is 1.61 bits per heavy atom. The third-order valence-electron chi connectivity index (χ3n) is 5.33. The lowest BCUT2D eigenvalue weighted by atomic mass is 10.1. The Kier molecular flexibility index (Phi) is 7.55. The van der Waals surface area contributed by atoms with Gasteiger partial charge in [0, 0.05) is 18.1 Å². The van der Waals surface area contributed by atoms with Gasteiger partial charge in [-0.05, 0) is 35.7 Å². The number of halogens is 1. The van der Waals surface area contributed by atoms with Crippen LogP contribution in [0.2, 0.25) is 5.02 Å². The number of amides is 1. The van der Waals surface area contributed by atoms with Crippen LogP contribution in [0.25, 0.3) is 0 Å². The van der Waals surface area contributed by atoms with Gasteiger partial charge in [-0.3, -0.25) is 9.69 Å². The van der Waals surface area contributed by atoms with Gasteiger partial charge < -0.3 is 9.73 Å². The Labute approximate surface area is 199 Å². The van der Waals surface area contributed by atoms with E-state index in [2.05, 4.69) is 27.3 Å². The molecule has 168 valence electrons. The summed E-state index contributed by atoms with van der Waals surface area (Å²) < 4.78 is 5.66. The summed E-state index contributed by atoms with van der Waals surface area (Å²) in [5.74, 6) is 0.233. The molecular weight excluding hydrogens is 434 g/mol. The molecule has 1 atom stereocenters. The smallest absolute Gasteiger partial charge is 0.273 e. The number of rotatable bonds is 9. The summed E-state index contributed by atoms with van der Waals surface area (Å²) >= 11 is 6.18. The number of aromatic nitrogens is 1. The molecule has 1 unspecified atom stereocenters. The number of benzene rings is 3. The average molecular weight is 460 g/mol. The zero-order valence-corrected chi connectivity index (χ0v) is 19.2. The summed E-state index contributed by atoms with van der Waals surface area (Å²) in [6, 6.07) is 27.7. The largest absolute Gasteiger partial charge is 0.447 e. The van der Waals surface area contributed by atoms with E-state index >= 15 is 0 Å². The van der Waals surface area contributed by atoms with Crippen molar-refractivity contribution in [2.24, 2.45) is 0 Å². The fraction of sp³-hybridized carbons (Fsp3) is 0.185. The van der Waals surface area contributed by atoms with Crippen LogP contribution in [0.4, 0.5) is 0 Å². The second-order valence-electron chi connectivity index (χ2n) is 7.99. The van der Waals surface area contributed by atoms with Gasteiger partial charge in [0.1, 0.15) is 6.26 Å². The predicted molar refractivity (Wildman–Crippen MR) is 130 cm³/mol. The summed E-state index contributed by atoms with van der Waals surface area (Å²) in [5, 5.41) is 3.68. The summed E-state index contributed by atoms with van der Waals surface area (Å²) in [6.45, 7) is 3.79. The molecule has 4 rings (SSSR count). The van der Waals surface area contributed by atoms with E-state index in [1.54, 1.807) is 0 Å². The van der Waals surface area contributed by atoms with Gasteiger partial charge in [-0.2, -0.15) is 0 Å². The monoisotopic (exact) mass is 459 g/mol. The van der Waals surface area contributed by atoms with Crippen LogP contribution in [-0.2, 0) is 19.6 Å². The van der Waals surface area contributed by atoms with Crippen molar-refractivity contribution >= 4 is 17.5 Å². The Morgan fingerprint density at radius 3 is 2.33 bits per heavy atom. The second-order valence-corrected chi connectivity index (χ2v) is 8.43. The van der Waals surface area contributed by atoms with Crippen LogP contribution in [0.1, 0.15) is 46.0 Å². The SMILES string of the molecule is CC(NC(=O)c1coc(CN(Cc2ccccc2)Cc2cccc(Cl)c2)n1)c1ccccc1. The number of nitrogens with zero attached hydrogens (tertiary/aromatic N) is 2. The first-order chi connectivity index (χ1) is 16.1. The molecule has 0 bridgehead atoms. The Balaban J connectivity index is 1.45. The van der Waals surface area contributed by atoms with E-state index in [0.29, 0.717) is 30.5 Å². The molecule has 3 aromatic carbocycles. The zero-order valence-electron chi connectivity index (χ0n) is 18.4. The molecule has 1 N–H and O–H groups in total. The Hall–Kier alpha value is -3.41. The van der Waals surface area contributed by atoms with E-state index in [0.717, 1.165) is 11.1 Å². The lowest BCUT2D eigenvalue weighted by Crippen LogP contribution is -2.27. The van der Waals surface area contributed by atoms with Gasteiger partial charge in [-0.15, -0.1) is 0 Å². The molecule has 0 saturated heterocycles. The van der Waals surface area contributed by atoms with E-state index in [4.69, 9.17) is 16.0 Å². The first-order valence-corrected chi connectivity index (χ1v) is 11.3. The van der Waals surface area contributed by atoms with E-state index in [1.165, 1.54) is 11.8 Å². The van der Waals surface area contributed by atoms with Crippen molar-refractivity contribution in [2.75, 3.05) is 0 Å². The second kappa shape index (κ2) is 10.9. The van der Waals surface area contributed by atoms with Crippen molar-refractivity contribution in [3.05, 3.63) is 124 Å². The number of carbonyl (C=O) groups is 1. The highest BCUT2D eigenvalue weighted by Crippen LogP contribution is 2.18. The molecule has 5 nitrogen and oxygen atoms in total. The van der Waals surface area contributed by atoms with Crippen molar-refractivity contribution in [3.63, 3.8) is 0 Å². The third-order valence-corrected chi connectivity index (χ3v) is 5.57. The molecule has 0 aliphatic heterocycles. The highest BCUT2D eigenvalue weighted by Gasteiger charge is 2.18. The summed E-state index contributed by atoms with van der Waals surface area (Å²) in [4.78, 5) is 19.3. The topological polar surface area (TPSA) is 58.4 Å². The summed E-state index contributed by atoms with van der Waals surface area (Å²) in [6.07, 6.45) is 1.42. The lowest BCUT2D eigenvalue weighted by Gasteiger charge is -2.21. The molecule has 0 radical (unpaired) electrons. The minimum Gasteiger partial charge on any atom is -0.447 e. The van der Waals surface area contributed by atoms with Gasteiger partial charge in [-0.25, -0.2) is 4.98 Å². The molecule has 1 heterocycles. The van der Waals surface area contributed by atoms with Crippen LogP contribution in [0.3, 0.4) is 0 Å². The average Bonchev–Trinajstić information content (AvgIpc) is 3.29. The molecule has 1 aromatic heterocycles. The normalized spacial score (nSPS) is 12.0. The van der Waals surface area contributed by atoms with Crippen molar-refractivity contribution < 1.29 is 9.21 Å². The van der Waals surface area contributed by atoms with Gasteiger partial charge in [0.25, 0.3) is 5.91 Å². The highest BCUT2D eigenvalue weighted by atomic mass is 35.5. The standard InChI is InChI=1S/C27H26ClN3O2/c1-20(23-12-6-3-7-13-23)29-27(32)25-19-33-26(30-25)18-31(16-21-9-4-2-5-10-21)17-22-11-8-14-24(28)15-22/h2-15,19-20H,16-18H2,1H3,(H,29,32). The maximum atomic E-state index is 12.7. The molecule has 33 heavy (non-hydrogen) atoms. The third kappa shape index (κ3) is 6.54. The zero-order chi connectivity index (χ0) is 23.0. The minimum absolute atomic E-state index is 0.128. The van der Waals surface area contributed by atoms with Crippen molar-refractivity contribution in [1.29, 1.82) is 0 Å². The number of hydrogen-bond donors (Lipinski definition) is 1. The van der Waals surface area contributed by atoms with Crippen LogP contribution in [0.5, 0.6) is 0 Å². The minimum atomic E-state index is -0.259. The molecule has 0 spiro atoms. The van der Waals surface area contributed by atoms with Crippen molar-refractivity contribution in [2.45, 2.75) is 32.6 Å². The van der Waals surface area contributed by atoms with Crippen LogP contribution in [0.15, 0.2) is 95.6 Å². The first kappa shape index (κ1) is 22.8.